The van der Waals surface area contributed by atoms with Crippen LogP contribution in [-0.4, -0.2) is 28.7 Å². The SMILES string of the molecule is COc1ccc2c(c1)c(CCC(=O)O)c(C)n2C(=O)c1ccc(C)cc1. The largest absolute Gasteiger partial charge is 0.497 e. The van der Waals surface area contributed by atoms with Gasteiger partial charge in [0.1, 0.15) is 5.75 Å². The predicted octanol–water partition coefficient (Wildman–Crippen LogP) is 3.97. The highest BCUT2D eigenvalue weighted by Crippen LogP contribution is 2.31. The van der Waals surface area contributed by atoms with Crippen molar-refractivity contribution in [3.63, 3.8) is 0 Å². The van der Waals surface area contributed by atoms with E-state index in [-0.39, 0.29) is 12.3 Å². The summed E-state index contributed by atoms with van der Waals surface area (Å²) in [6.07, 6.45) is 0.370. The van der Waals surface area contributed by atoms with Gasteiger partial charge >= 0.3 is 5.97 Å². The van der Waals surface area contributed by atoms with E-state index in [9.17, 15) is 9.59 Å². The highest BCUT2D eigenvalue weighted by Gasteiger charge is 2.20. The lowest BCUT2D eigenvalue weighted by atomic mass is 10.1. The molecule has 1 aromatic heterocycles. The van der Waals surface area contributed by atoms with Crippen molar-refractivity contribution >= 4 is 22.8 Å². The Morgan fingerprint density at radius 3 is 2.38 bits per heavy atom. The second-order valence-corrected chi connectivity index (χ2v) is 6.35. The molecule has 1 heterocycles. The van der Waals surface area contributed by atoms with Crippen LogP contribution in [-0.2, 0) is 11.2 Å². The van der Waals surface area contributed by atoms with Crippen LogP contribution in [0.15, 0.2) is 42.5 Å². The summed E-state index contributed by atoms with van der Waals surface area (Å²) in [6, 6.07) is 12.9. The van der Waals surface area contributed by atoms with Gasteiger partial charge in [0.25, 0.3) is 5.91 Å². The van der Waals surface area contributed by atoms with Crippen LogP contribution in [0.1, 0.15) is 33.6 Å². The summed E-state index contributed by atoms with van der Waals surface area (Å²) in [7, 11) is 1.58. The minimum Gasteiger partial charge on any atom is -0.497 e. The van der Waals surface area contributed by atoms with E-state index in [0.29, 0.717) is 17.7 Å². The van der Waals surface area contributed by atoms with Gasteiger partial charge in [-0.3, -0.25) is 14.2 Å². The maximum atomic E-state index is 13.1. The van der Waals surface area contributed by atoms with Crippen molar-refractivity contribution in [3.05, 3.63) is 64.8 Å². The smallest absolute Gasteiger partial charge is 0.303 e. The van der Waals surface area contributed by atoms with Gasteiger partial charge in [0.2, 0.25) is 0 Å². The fourth-order valence-corrected chi connectivity index (χ4v) is 3.22. The van der Waals surface area contributed by atoms with Crippen molar-refractivity contribution < 1.29 is 19.4 Å². The van der Waals surface area contributed by atoms with Gasteiger partial charge in [0.05, 0.1) is 12.6 Å². The highest BCUT2D eigenvalue weighted by molar-refractivity contribution is 6.04. The number of benzene rings is 2. The monoisotopic (exact) mass is 351 g/mol. The number of aliphatic carboxylic acids is 1. The first kappa shape index (κ1) is 17.7. The van der Waals surface area contributed by atoms with Crippen molar-refractivity contribution in [2.45, 2.75) is 26.7 Å². The zero-order chi connectivity index (χ0) is 18.8. The van der Waals surface area contributed by atoms with Gasteiger partial charge in [-0.1, -0.05) is 17.7 Å². The van der Waals surface area contributed by atoms with Gasteiger partial charge in [-0.25, -0.2) is 0 Å². The Kier molecular flexibility index (Phi) is 4.80. The molecule has 3 rings (SSSR count). The Balaban J connectivity index is 2.18. The Hall–Kier alpha value is -3.08. The second kappa shape index (κ2) is 7.04. The number of methoxy groups -OCH3 is 1. The van der Waals surface area contributed by atoms with Crippen LogP contribution < -0.4 is 4.74 Å². The number of rotatable bonds is 5. The van der Waals surface area contributed by atoms with E-state index >= 15 is 0 Å². The van der Waals surface area contributed by atoms with E-state index in [0.717, 1.165) is 27.7 Å². The molecule has 5 nitrogen and oxygen atoms in total. The number of carboxylic acids is 1. The van der Waals surface area contributed by atoms with E-state index in [2.05, 4.69) is 0 Å². The minimum atomic E-state index is -0.863. The number of aromatic nitrogens is 1. The summed E-state index contributed by atoms with van der Waals surface area (Å²) in [5, 5.41) is 9.91. The molecule has 1 N–H and O–H groups in total. The van der Waals surface area contributed by atoms with Crippen LogP contribution in [0.5, 0.6) is 5.75 Å². The molecule has 0 saturated heterocycles. The van der Waals surface area contributed by atoms with Gasteiger partial charge < -0.3 is 9.84 Å². The minimum absolute atomic E-state index is 0.00981. The maximum absolute atomic E-state index is 13.1. The molecular weight excluding hydrogens is 330 g/mol. The zero-order valence-corrected chi connectivity index (χ0v) is 15.1. The average Bonchev–Trinajstić information content (AvgIpc) is 2.90. The van der Waals surface area contributed by atoms with Crippen LogP contribution in [0.3, 0.4) is 0 Å². The molecule has 0 amide bonds. The summed E-state index contributed by atoms with van der Waals surface area (Å²) in [5.41, 5.74) is 4.06. The summed E-state index contributed by atoms with van der Waals surface area (Å²) >= 11 is 0. The molecule has 0 aliphatic rings. The van der Waals surface area contributed by atoms with Crippen LogP contribution >= 0.6 is 0 Å². The standard InChI is InChI=1S/C21H21NO4/c1-13-4-6-15(7-5-13)21(25)22-14(2)17(9-11-20(23)24)18-12-16(26-3)8-10-19(18)22/h4-8,10,12H,9,11H2,1-3H3,(H,23,24). The quantitative estimate of drug-likeness (QED) is 0.755. The van der Waals surface area contributed by atoms with Gasteiger partial charge in [0.15, 0.2) is 0 Å². The molecule has 26 heavy (non-hydrogen) atoms. The Labute approximate surface area is 151 Å². The van der Waals surface area contributed by atoms with Gasteiger partial charge in [-0.2, -0.15) is 0 Å². The topological polar surface area (TPSA) is 68.5 Å². The number of nitrogens with zero attached hydrogens (tertiary/aromatic N) is 1. The summed E-state index contributed by atoms with van der Waals surface area (Å²) in [4.78, 5) is 24.2. The molecule has 5 heteroatoms. The molecule has 134 valence electrons. The van der Waals surface area contributed by atoms with E-state index < -0.39 is 5.97 Å². The fraction of sp³-hybridized carbons (Fsp3) is 0.238. The lowest BCUT2D eigenvalue weighted by molar-refractivity contribution is -0.136. The lowest BCUT2D eigenvalue weighted by Crippen LogP contribution is -2.13. The number of hydrogen-bond acceptors (Lipinski definition) is 3. The van der Waals surface area contributed by atoms with Crippen LogP contribution in [0, 0.1) is 13.8 Å². The average molecular weight is 351 g/mol. The second-order valence-electron chi connectivity index (χ2n) is 6.35. The number of aryl methyl sites for hydroxylation is 2. The van der Waals surface area contributed by atoms with Gasteiger partial charge in [-0.05, 0) is 56.2 Å². The molecule has 0 radical (unpaired) electrons. The van der Waals surface area contributed by atoms with Gasteiger partial charge in [0, 0.05) is 23.1 Å². The van der Waals surface area contributed by atoms with E-state index in [4.69, 9.17) is 9.84 Å². The first-order valence-corrected chi connectivity index (χ1v) is 8.43. The Morgan fingerprint density at radius 1 is 1.08 bits per heavy atom. The number of carbonyl (C=O) groups excluding carboxylic acids is 1. The van der Waals surface area contributed by atoms with Gasteiger partial charge in [-0.15, -0.1) is 0 Å². The predicted molar refractivity (Wildman–Crippen MR) is 100 cm³/mol. The summed E-state index contributed by atoms with van der Waals surface area (Å²) in [6.45, 7) is 3.83. The fourth-order valence-electron chi connectivity index (χ4n) is 3.22. The third kappa shape index (κ3) is 3.20. The molecule has 0 saturated carbocycles. The maximum Gasteiger partial charge on any atom is 0.303 e. The number of hydrogen-bond donors (Lipinski definition) is 1. The molecule has 0 bridgehead atoms. The third-order valence-corrected chi connectivity index (χ3v) is 4.63. The molecule has 0 fully saturated rings. The molecule has 3 aromatic rings. The number of ether oxygens (including phenoxy) is 1. The molecule has 0 aliphatic carbocycles. The molecule has 0 atom stereocenters. The highest BCUT2D eigenvalue weighted by atomic mass is 16.5. The molecule has 2 aromatic carbocycles. The Bertz CT molecular complexity index is 983. The van der Waals surface area contributed by atoms with Crippen LogP contribution in [0.25, 0.3) is 10.9 Å². The zero-order valence-electron chi connectivity index (χ0n) is 15.1. The normalized spacial score (nSPS) is 10.9. The molecular formula is C21H21NO4. The number of fused-ring (bicyclic) bond motifs is 1. The van der Waals surface area contributed by atoms with Crippen LogP contribution in [0.2, 0.25) is 0 Å². The molecule has 0 aliphatic heterocycles. The van der Waals surface area contributed by atoms with Crippen molar-refractivity contribution in [2.24, 2.45) is 0 Å². The first-order chi connectivity index (χ1) is 12.4. The van der Waals surface area contributed by atoms with Crippen molar-refractivity contribution in [1.29, 1.82) is 0 Å². The number of carbonyl (C=O) groups is 2. The third-order valence-electron chi connectivity index (χ3n) is 4.63. The molecule has 0 spiro atoms. The van der Waals surface area contributed by atoms with Crippen molar-refractivity contribution in [3.8, 4) is 5.75 Å². The summed E-state index contributed by atoms with van der Waals surface area (Å²) < 4.78 is 6.96. The Morgan fingerprint density at radius 2 is 1.77 bits per heavy atom. The summed E-state index contributed by atoms with van der Waals surface area (Å²) in [5.74, 6) is -0.314. The lowest BCUT2D eigenvalue weighted by Gasteiger charge is -2.08. The van der Waals surface area contributed by atoms with E-state index in [1.807, 2.05) is 56.3 Å². The van der Waals surface area contributed by atoms with Crippen LogP contribution in [0.4, 0.5) is 0 Å². The first-order valence-electron chi connectivity index (χ1n) is 8.43. The number of carboxylic acid groups (broad SMARTS) is 1. The van der Waals surface area contributed by atoms with E-state index in [1.165, 1.54) is 0 Å². The van der Waals surface area contributed by atoms with E-state index in [1.54, 1.807) is 11.7 Å². The van der Waals surface area contributed by atoms with Crippen molar-refractivity contribution in [2.75, 3.05) is 7.11 Å². The van der Waals surface area contributed by atoms with Crippen molar-refractivity contribution in [1.82, 2.24) is 4.57 Å². The molecule has 0 unspecified atom stereocenters.